The van der Waals surface area contributed by atoms with Gasteiger partial charge in [-0.15, -0.1) is 6.42 Å². The fourth-order valence-electron chi connectivity index (χ4n) is 1.65. The van der Waals surface area contributed by atoms with E-state index in [0.29, 0.717) is 4.47 Å². The molecule has 1 aliphatic carbocycles. The van der Waals surface area contributed by atoms with Crippen molar-refractivity contribution in [2.75, 3.05) is 0 Å². The number of halogens is 1. The molecule has 76 valence electrons. The summed E-state index contributed by atoms with van der Waals surface area (Å²) >= 11 is 3.26. The van der Waals surface area contributed by atoms with Gasteiger partial charge in [-0.3, -0.25) is 10.1 Å². The summed E-state index contributed by atoms with van der Waals surface area (Å²) in [5.41, 5.74) is 0.665. The second kappa shape index (κ2) is 3.35. The number of hydrogen-bond donors (Lipinski definition) is 0. The first kappa shape index (κ1) is 10.2. The summed E-state index contributed by atoms with van der Waals surface area (Å²) in [4.78, 5) is 10.3. The van der Waals surface area contributed by atoms with Crippen LogP contribution in [0.2, 0.25) is 0 Å². The van der Waals surface area contributed by atoms with Crippen molar-refractivity contribution >= 4 is 21.6 Å². The number of nitro groups is 1. The third kappa shape index (κ3) is 1.53. The molecular weight excluding hydrogens is 258 g/mol. The van der Waals surface area contributed by atoms with Crippen LogP contribution in [0.5, 0.6) is 0 Å². The molecule has 1 fully saturated rings. The monoisotopic (exact) mass is 265 g/mol. The Morgan fingerprint density at radius 1 is 1.53 bits per heavy atom. The molecular formula is C11H8BrNO2. The Morgan fingerprint density at radius 3 is 2.67 bits per heavy atom. The molecule has 1 aromatic rings. The highest BCUT2D eigenvalue weighted by Gasteiger charge is 2.45. The maximum Gasteiger partial charge on any atom is 0.283 e. The van der Waals surface area contributed by atoms with Crippen molar-refractivity contribution in [3.8, 4) is 12.3 Å². The molecule has 0 radical (unpaired) electrons. The van der Waals surface area contributed by atoms with E-state index >= 15 is 0 Å². The first-order valence-electron chi connectivity index (χ1n) is 4.52. The van der Waals surface area contributed by atoms with Crippen LogP contribution >= 0.6 is 15.9 Å². The number of nitrogens with zero attached hydrogens (tertiary/aromatic N) is 1. The molecule has 0 spiro atoms. The van der Waals surface area contributed by atoms with Crippen LogP contribution in [-0.4, -0.2) is 4.92 Å². The van der Waals surface area contributed by atoms with Crippen LogP contribution in [0.1, 0.15) is 18.4 Å². The van der Waals surface area contributed by atoms with E-state index in [1.54, 1.807) is 6.07 Å². The van der Waals surface area contributed by atoms with E-state index in [1.807, 2.05) is 6.07 Å². The van der Waals surface area contributed by atoms with Gasteiger partial charge in [0.05, 0.1) is 14.8 Å². The van der Waals surface area contributed by atoms with E-state index in [0.717, 1.165) is 18.4 Å². The molecule has 0 atom stereocenters. The molecule has 0 N–H and O–H groups in total. The third-order valence-electron chi connectivity index (χ3n) is 2.72. The lowest BCUT2D eigenvalue weighted by Gasteiger charge is -2.10. The van der Waals surface area contributed by atoms with E-state index in [-0.39, 0.29) is 11.1 Å². The van der Waals surface area contributed by atoms with Gasteiger partial charge in [-0.2, -0.15) is 0 Å². The molecule has 3 nitrogen and oxygen atoms in total. The molecule has 0 amide bonds. The van der Waals surface area contributed by atoms with Crippen LogP contribution in [0.3, 0.4) is 0 Å². The maximum atomic E-state index is 10.7. The van der Waals surface area contributed by atoms with Crippen LogP contribution in [0.15, 0.2) is 22.7 Å². The molecule has 0 aromatic heterocycles. The summed E-state index contributed by atoms with van der Waals surface area (Å²) in [6.45, 7) is 0. The highest BCUT2D eigenvalue weighted by molar-refractivity contribution is 9.10. The lowest BCUT2D eigenvalue weighted by molar-refractivity contribution is -0.385. The van der Waals surface area contributed by atoms with Crippen LogP contribution in [-0.2, 0) is 5.41 Å². The van der Waals surface area contributed by atoms with E-state index < -0.39 is 4.92 Å². The van der Waals surface area contributed by atoms with Gasteiger partial charge >= 0.3 is 0 Å². The fraction of sp³-hybridized carbons (Fsp3) is 0.273. The van der Waals surface area contributed by atoms with Crippen molar-refractivity contribution in [3.63, 3.8) is 0 Å². The first-order chi connectivity index (χ1) is 7.10. The van der Waals surface area contributed by atoms with E-state index in [9.17, 15) is 10.1 Å². The van der Waals surface area contributed by atoms with E-state index in [4.69, 9.17) is 6.42 Å². The van der Waals surface area contributed by atoms with Crippen molar-refractivity contribution < 1.29 is 4.92 Å². The lowest BCUT2D eigenvalue weighted by Crippen LogP contribution is -2.05. The first-order valence-corrected chi connectivity index (χ1v) is 5.31. The molecule has 1 saturated carbocycles. The molecule has 15 heavy (non-hydrogen) atoms. The van der Waals surface area contributed by atoms with Gasteiger partial charge in [-0.05, 0) is 34.3 Å². The van der Waals surface area contributed by atoms with Crippen molar-refractivity contribution in [2.24, 2.45) is 0 Å². The van der Waals surface area contributed by atoms with Gasteiger partial charge in [-0.1, -0.05) is 18.1 Å². The smallest absolute Gasteiger partial charge is 0.258 e. The van der Waals surface area contributed by atoms with Gasteiger partial charge in [-0.25, -0.2) is 0 Å². The molecule has 4 heteroatoms. The highest BCUT2D eigenvalue weighted by Crippen LogP contribution is 2.51. The Labute approximate surface area is 95.8 Å². The van der Waals surface area contributed by atoms with Crippen LogP contribution in [0.4, 0.5) is 5.69 Å². The summed E-state index contributed by atoms with van der Waals surface area (Å²) in [5, 5.41) is 10.7. The van der Waals surface area contributed by atoms with Gasteiger partial charge in [0.25, 0.3) is 5.69 Å². The zero-order valence-corrected chi connectivity index (χ0v) is 9.45. The molecule has 0 unspecified atom stereocenters. The van der Waals surface area contributed by atoms with Crippen LogP contribution in [0, 0.1) is 22.5 Å². The van der Waals surface area contributed by atoms with Crippen LogP contribution < -0.4 is 0 Å². The van der Waals surface area contributed by atoms with Gasteiger partial charge < -0.3 is 0 Å². The second-order valence-corrected chi connectivity index (χ2v) is 4.42. The van der Waals surface area contributed by atoms with Crippen molar-refractivity contribution in [2.45, 2.75) is 18.3 Å². The van der Waals surface area contributed by atoms with Crippen molar-refractivity contribution in [1.29, 1.82) is 0 Å². The predicted molar refractivity (Wildman–Crippen MR) is 60.5 cm³/mol. The minimum atomic E-state index is -0.403. The second-order valence-electron chi connectivity index (χ2n) is 3.62. The number of rotatable bonds is 2. The number of benzene rings is 1. The van der Waals surface area contributed by atoms with Gasteiger partial charge in [0.2, 0.25) is 0 Å². The normalized spacial score (nSPS) is 16.8. The zero-order valence-electron chi connectivity index (χ0n) is 7.87. The van der Waals surface area contributed by atoms with Gasteiger partial charge in [0, 0.05) is 6.07 Å². The Hall–Kier alpha value is -1.34. The minimum Gasteiger partial charge on any atom is -0.258 e. The SMILES string of the molecule is C#CC1(c2cccc([N+](=O)[O-])c2Br)CC1. The Kier molecular flexibility index (Phi) is 2.28. The quantitative estimate of drug-likeness (QED) is 0.469. The van der Waals surface area contributed by atoms with Gasteiger partial charge in [0.15, 0.2) is 0 Å². The van der Waals surface area contributed by atoms with Gasteiger partial charge in [0.1, 0.15) is 0 Å². The number of terminal acetylenes is 1. The maximum absolute atomic E-state index is 10.7. The summed E-state index contributed by atoms with van der Waals surface area (Å²) in [6, 6.07) is 5.00. The van der Waals surface area contributed by atoms with Crippen molar-refractivity contribution in [3.05, 3.63) is 38.3 Å². The molecule has 1 aliphatic rings. The molecule has 1 aromatic carbocycles. The zero-order chi connectivity index (χ0) is 11.1. The molecule has 0 aliphatic heterocycles. The fourth-order valence-corrected chi connectivity index (χ4v) is 2.44. The Morgan fingerprint density at radius 2 is 2.20 bits per heavy atom. The summed E-state index contributed by atoms with van der Waals surface area (Å²) in [5.74, 6) is 2.72. The third-order valence-corrected chi connectivity index (χ3v) is 3.55. The average molecular weight is 266 g/mol. The Bertz CT molecular complexity index is 472. The molecule has 0 heterocycles. The molecule has 2 rings (SSSR count). The highest BCUT2D eigenvalue weighted by atomic mass is 79.9. The van der Waals surface area contributed by atoms with Crippen LogP contribution in [0.25, 0.3) is 0 Å². The standard InChI is InChI=1S/C11H8BrNO2/c1-2-11(6-7-11)8-4-3-5-9(10(8)12)13(14)15/h1,3-5H,6-7H2. The molecule has 0 saturated heterocycles. The lowest BCUT2D eigenvalue weighted by atomic mass is 9.97. The average Bonchev–Trinajstić information content (AvgIpc) is 2.98. The topological polar surface area (TPSA) is 43.1 Å². The minimum absolute atomic E-state index is 0.0778. The Balaban J connectivity index is 2.56. The van der Waals surface area contributed by atoms with E-state index in [1.165, 1.54) is 6.07 Å². The van der Waals surface area contributed by atoms with E-state index in [2.05, 4.69) is 21.9 Å². The molecule has 0 bridgehead atoms. The number of hydrogen-bond acceptors (Lipinski definition) is 2. The largest absolute Gasteiger partial charge is 0.283 e. The summed E-state index contributed by atoms with van der Waals surface area (Å²) in [7, 11) is 0. The van der Waals surface area contributed by atoms with Crippen molar-refractivity contribution in [1.82, 2.24) is 0 Å². The summed E-state index contributed by atoms with van der Waals surface area (Å²) < 4.78 is 0.519. The summed E-state index contributed by atoms with van der Waals surface area (Å²) in [6.07, 6.45) is 7.27. The number of nitro benzene ring substituents is 1. The predicted octanol–water partition coefficient (Wildman–Crippen LogP) is 3.02.